The Kier molecular flexibility index (Phi) is 22.9. The van der Waals surface area contributed by atoms with Crippen LogP contribution < -0.4 is 19.6 Å². The predicted octanol–water partition coefficient (Wildman–Crippen LogP) is 42.7. The van der Waals surface area contributed by atoms with Crippen LogP contribution in [0.5, 0.6) is 0 Å². The molecule has 0 saturated heterocycles. The number of benzene rings is 22. The van der Waals surface area contributed by atoms with Gasteiger partial charge in [0.05, 0.1) is 22.7 Å². The second-order valence-electron chi connectivity index (χ2n) is 43.7. The Hall–Kier alpha value is -16.9. The zero-order valence-electron chi connectivity index (χ0n) is 89.7. The molecule has 0 aliphatic heterocycles. The van der Waals surface area contributed by atoms with E-state index < -0.39 is 0 Å². The lowest BCUT2D eigenvalue weighted by Crippen LogP contribution is -2.12. The Bertz CT molecular complexity index is 9190. The maximum atomic E-state index is 2.51. The molecule has 0 saturated carbocycles. The third-order valence-corrected chi connectivity index (χ3v) is 34.0. The van der Waals surface area contributed by atoms with Crippen LogP contribution in [0.3, 0.4) is 0 Å². The van der Waals surface area contributed by atoms with Crippen molar-refractivity contribution >= 4 is 198 Å². The Labute approximate surface area is 881 Å². The molecule has 150 heavy (non-hydrogen) atoms. The van der Waals surface area contributed by atoms with E-state index in [0.29, 0.717) is 11.8 Å². The zero-order valence-corrected chi connectivity index (χ0v) is 89.7. The van der Waals surface area contributed by atoms with Gasteiger partial charge in [0, 0.05) is 67.0 Å². The van der Waals surface area contributed by atoms with Crippen LogP contribution in [0.25, 0.3) is 174 Å². The van der Waals surface area contributed by atoms with Gasteiger partial charge in [0.15, 0.2) is 0 Å². The Balaban J connectivity index is 0.000000155. The highest BCUT2D eigenvalue weighted by Crippen LogP contribution is 2.62. The molecule has 0 aliphatic rings. The molecule has 0 spiro atoms. The van der Waals surface area contributed by atoms with E-state index in [1.807, 2.05) is 0 Å². The fourth-order valence-electron chi connectivity index (χ4n) is 24.9. The molecule has 4 heteroatoms. The lowest BCUT2D eigenvalue weighted by atomic mass is 9.87. The molecule has 0 bridgehead atoms. The summed E-state index contributed by atoms with van der Waals surface area (Å²) in [4.78, 5) is 9.98. The summed E-state index contributed by atoms with van der Waals surface area (Å²) in [7, 11) is 0. The summed E-state index contributed by atoms with van der Waals surface area (Å²) in [6.45, 7) is 44.7. The van der Waals surface area contributed by atoms with Gasteiger partial charge in [0.25, 0.3) is 0 Å². The summed E-state index contributed by atoms with van der Waals surface area (Å²) >= 11 is 0. The average Bonchev–Trinajstić information content (AvgIpc) is 1.51. The molecule has 0 aliphatic carbocycles. The summed E-state index contributed by atoms with van der Waals surface area (Å²) in [5.41, 5.74) is 47.3. The number of nitrogens with zero attached hydrogens (tertiary/aromatic N) is 4. The Morgan fingerprint density at radius 1 is 0.147 bits per heavy atom. The highest BCUT2D eigenvalue weighted by atomic mass is 15.2. The number of hydrogen-bond acceptors (Lipinski definition) is 4. The van der Waals surface area contributed by atoms with Gasteiger partial charge < -0.3 is 19.6 Å². The maximum Gasteiger partial charge on any atom is 0.0540 e. The average molecular weight is 1930 g/mol. The van der Waals surface area contributed by atoms with Gasteiger partial charge in [-0.15, -0.1) is 0 Å². The third kappa shape index (κ3) is 15.1. The summed E-state index contributed by atoms with van der Waals surface area (Å²) in [6.07, 6.45) is 0. The normalized spacial score (nSPS) is 12.0. The first kappa shape index (κ1) is 94.1. The number of anilines is 12. The van der Waals surface area contributed by atoms with Gasteiger partial charge in [-0.3, -0.25) is 0 Å². The van der Waals surface area contributed by atoms with Crippen molar-refractivity contribution in [3.63, 3.8) is 0 Å². The molecule has 0 aromatic heterocycles. The van der Waals surface area contributed by atoms with Crippen molar-refractivity contribution in [3.05, 3.63) is 476 Å². The van der Waals surface area contributed by atoms with E-state index in [9.17, 15) is 0 Å². The van der Waals surface area contributed by atoms with Crippen LogP contribution in [-0.4, -0.2) is 0 Å². The smallest absolute Gasteiger partial charge is 0.0540 e. The highest BCUT2D eigenvalue weighted by Gasteiger charge is 2.35. The van der Waals surface area contributed by atoms with Crippen LogP contribution in [0.1, 0.15) is 140 Å². The van der Waals surface area contributed by atoms with E-state index in [4.69, 9.17) is 0 Å². The molecule has 26 aromatic carbocycles. The monoisotopic (exact) mass is 1930 g/mol. The highest BCUT2D eigenvalue weighted by molar-refractivity contribution is 6.50. The Morgan fingerprint density at radius 3 is 0.587 bits per heavy atom. The van der Waals surface area contributed by atoms with E-state index in [1.54, 1.807) is 0 Å². The third-order valence-electron chi connectivity index (χ3n) is 34.0. The van der Waals surface area contributed by atoms with Crippen LogP contribution in [-0.2, 0) is 0 Å². The number of fused-ring (bicyclic) bond motifs is 12. The predicted molar refractivity (Wildman–Crippen MR) is 652 cm³/mol. The topological polar surface area (TPSA) is 13.0 Å². The van der Waals surface area contributed by atoms with Crippen molar-refractivity contribution in [3.8, 4) is 44.5 Å². The maximum absolute atomic E-state index is 2.51. The standard InChI is InChI=1S/C74H64N2.C72H60N2/c1-41-19-25-53(26-20-41)67-71-61-17-13-15-59-66(76(56-30-24-44(4)46(6)36-56)58-39-49(9)52(12)50(10)40-58)34-32-64(69(59)61)74(71)68(54-27-21-42(2)22-28-54)72-62-18-14-16-60-65(33-31-63(70(60)62)73(67)72)75(55-29-23-43(3)45(5)35-55)57-37-47(7)51(11)48(8)38-57;1-43(2)49-27-33-53(34-28-49)73(55-31-25-45(5)47(7)41-55)63-39-37-61-67-57(63)21-15-23-59(67)69-65(51-17-11-9-12-18-51)72-62-38-40-64(74(56-32-26-46(6)48(8)42-56)54-35-29-50(30-36-54)44(3)4)58-22-16-24-60(68(58)62)70(72)66(71(61)69)52-19-13-10-14-20-52/h13-40H,1-12H3;9-44H,1-8H3. The summed E-state index contributed by atoms with van der Waals surface area (Å²) in [6, 6.07) is 144. The molecule has 0 fully saturated rings. The van der Waals surface area contributed by atoms with Gasteiger partial charge in [-0.25, -0.2) is 0 Å². The molecule has 0 N–H and O–H groups in total. The molecule has 728 valence electrons. The summed E-state index contributed by atoms with van der Waals surface area (Å²) in [5, 5.41) is 30.8. The molecule has 26 aromatic rings. The van der Waals surface area contributed by atoms with E-state index in [1.165, 1.54) is 308 Å². The first-order valence-electron chi connectivity index (χ1n) is 53.6. The number of aryl methyl sites for hydroxylation is 14. The van der Waals surface area contributed by atoms with E-state index in [-0.39, 0.29) is 0 Å². The van der Waals surface area contributed by atoms with Crippen LogP contribution >= 0.6 is 0 Å². The van der Waals surface area contributed by atoms with Crippen LogP contribution in [0.2, 0.25) is 0 Å². The number of rotatable bonds is 18. The molecular weight excluding hydrogens is 1810 g/mol. The van der Waals surface area contributed by atoms with Crippen molar-refractivity contribution in [1.82, 2.24) is 0 Å². The minimum absolute atomic E-state index is 0.444. The second-order valence-corrected chi connectivity index (χ2v) is 43.7. The zero-order chi connectivity index (χ0) is 103. The largest absolute Gasteiger partial charge is 0.310 e. The Morgan fingerprint density at radius 2 is 0.353 bits per heavy atom. The molecule has 26 rings (SSSR count). The van der Waals surface area contributed by atoms with E-state index in [0.717, 1.165) is 34.1 Å². The summed E-state index contributed by atoms with van der Waals surface area (Å²) < 4.78 is 0. The minimum Gasteiger partial charge on any atom is -0.310 e. The first-order chi connectivity index (χ1) is 72.7. The summed E-state index contributed by atoms with van der Waals surface area (Å²) in [5.74, 6) is 0.889. The van der Waals surface area contributed by atoms with E-state index >= 15 is 0 Å². The van der Waals surface area contributed by atoms with Gasteiger partial charge in [-0.05, 0) is 485 Å². The fraction of sp³-hybridized carbons (Fsp3) is 0.151. The van der Waals surface area contributed by atoms with Gasteiger partial charge >= 0.3 is 0 Å². The molecule has 0 unspecified atom stereocenters. The molecule has 0 radical (unpaired) electrons. The number of hydrogen-bond donors (Lipinski definition) is 0. The molecule has 0 heterocycles. The van der Waals surface area contributed by atoms with Gasteiger partial charge in [0.1, 0.15) is 0 Å². The van der Waals surface area contributed by atoms with Gasteiger partial charge in [-0.1, -0.05) is 294 Å². The molecule has 4 nitrogen and oxygen atoms in total. The van der Waals surface area contributed by atoms with E-state index in [2.05, 4.69) is 534 Å². The van der Waals surface area contributed by atoms with Gasteiger partial charge in [0.2, 0.25) is 0 Å². The lowest BCUT2D eigenvalue weighted by molar-refractivity contribution is 0.866. The molecule has 0 atom stereocenters. The van der Waals surface area contributed by atoms with Crippen LogP contribution in [0.4, 0.5) is 68.2 Å². The first-order valence-corrected chi connectivity index (χ1v) is 53.6. The van der Waals surface area contributed by atoms with Crippen molar-refractivity contribution in [2.75, 3.05) is 19.6 Å². The quantitative estimate of drug-likeness (QED) is 0.0849. The lowest BCUT2D eigenvalue weighted by Gasteiger charge is -2.29. The molecule has 0 amide bonds. The van der Waals surface area contributed by atoms with Crippen molar-refractivity contribution in [2.45, 2.75) is 150 Å². The SMILES string of the molecule is Cc1ccc(-c2c3c4cccc5c(N(c6ccc(C)c(C)c6)c6cc(C)c(C)c(C)c6)ccc(c3c(-c3ccc(C)cc3)c3c6cccc7c(N(c8ccc(C)c(C)c8)c8cc(C)c(C)c(C)c8)ccc(c23)c76)c54)cc1.Cc1ccc(N(c2ccc(C(C)C)cc2)c2ccc3c4c(-c5ccccc5)c5c6cccc7c(N(c8ccc(C(C)C)cc8)c8ccc(C)c(C)c8)ccc(c5c(-c5ccccc5)c4c4cccc2c43)c76)cc1C. The van der Waals surface area contributed by atoms with Crippen LogP contribution in [0, 0.1) is 111 Å². The van der Waals surface area contributed by atoms with Gasteiger partial charge in [-0.2, -0.15) is 0 Å². The van der Waals surface area contributed by atoms with Crippen molar-refractivity contribution in [2.24, 2.45) is 0 Å². The van der Waals surface area contributed by atoms with Crippen LogP contribution in [0.15, 0.2) is 376 Å². The van der Waals surface area contributed by atoms with Crippen molar-refractivity contribution in [1.29, 1.82) is 0 Å². The second kappa shape index (κ2) is 36.6. The molecular formula is C146H124N4. The van der Waals surface area contributed by atoms with Crippen molar-refractivity contribution < 1.29 is 0 Å². The minimum atomic E-state index is 0.444. The fourth-order valence-corrected chi connectivity index (χ4v) is 24.9.